The fourth-order valence-electron chi connectivity index (χ4n) is 1.60. The van der Waals surface area contributed by atoms with Gasteiger partial charge in [0.1, 0.15) is 9.84 Å². The minimum absolute atomic E-state index is 0.0439. The molecule has 0 aromatic heterocycles. The average Bonchev–Trinajstić information content (AvgIpc) is 2.34. The van der Waals surface area contributed by atoms with E-state index in [0.717, 1.165) is 16.1 Å². The molecular formula is C12H20N2O4S2. The molecule has 1 rings (SSSR count). The van der Waals surface area contributed by atoms with Gasteiger partial charge >= 0.3 is 0 Å². The second-order valence-electron chi connectivity index (χ2n) is 4.73. The first kappa shape index (κ1) is 17.1. The van der Waals surface area contributed by atoms with Gasteiger partial charge in [0.05, 0.1) is 11.5 Å². The summed E-state index contributed by atoms with van der Waals surface area (Å²) >= 11 is 0. The first-order valence-electron chi connectivity index (χ1n) is 6.04. The summed E-state index contributed by atoms with van der Waals surface area (Å²) in [6.45, 7) is 0.301. The normalized spacial score (nSPS) is 12.8. The molecule has 8 heteroatoms. The number of hydrogen-bond donors (Lipinski definition) is 1. The van der Waals surface area contributed by atoms with Crippen LogP contribution in [0.1, 0.15) is 11.1 Å². The molecule has 0 saturated heterocycles. The first-order chi connectivity index (χ1) is 9.14. The van der Waals surface area contributed by atoms with E-state index in [1.54, 1.807) is 18.2 Å². The Kier molecular flexibility index (Phi) is 5.69. The molecule has 2 N–H and O–H groups in total. The standard InChI is InChI=1S/C12H20N2O4S2/c1-14(6-7-19(2,15)16)20(17,18)10-12-5-3-4-11(8-12)9-13/h3-5,8H,6-7,9-10,13H2,1-2H3. The zero-order chi connectivity index (χ0) is 15.4. The quantitative estimate of drug-likeness (QED) is 0.760. The van der Waals surface area contributed by atoms with E-state index in [0.29, 0.717) is 12.1 Å². The van der Waals surface area contributed by atoms with Gasteiger partial charge in [0.15, 0.2) is 0 Å². The van der Waals surface area contributed by atoms with E-state index in [-0.39, 0.29) is 18.1 Å². The van der Waals surface area contributed by atoms with Crippen LogP contribution in [0.25, 0.3) is 0 Å². The van der Waals surface area contributed by atoms with Gasteiger partial charge in [-0.15, -0.1) is 0 Å². The maximum Gasteiger partial charge on any atom is 0.218 e. The van der Waals surface area contributed by atoms with Crippen LogP contribution in [0.15, 0.2) is 24.3 Å². The van der Waals surface area contributed by atoms with E-state index >= 15 is 0 Å². The second-order valence-corrected chi connectivity index (χ2v) is 9.07. The summed E-state index contributed by atoms with van der Waals surface area (Å²) in [4.78, 5) is 0. The highest BCUT2D eigenvalue weighted by molar-refractivity contribution is 7.90. The number of rotatable bonds is 7. The number of benzene rings is 1. The Morgan fingerprint density at radius 3 is 2.30 bits per heavy atom. The zero-order valence-corrected chi connectivity index (χ0v) is 13.2. The smallest absolute Gasteiger partial charge is 0.218 e. The van der Waals surface area contributed by atoms with Crippen molar-refractivity contribution in [3.8, 4) is 0 Å². The van der Waals surface area contributed by atoms with Crippen LogP contribution in [0, 0.1) is 0 Å². The molecule has 0 bridgehead atoms. The summed E-state index contributed by atoms with van der Waals surface area (Å²) < 4.78 is 47.4. The molecule has 0 radical (unpaired) electrons. The molecule has 0 atom stereocenters. The van der Waals surface area contributed by atoms with Gasteiger partial charge in [-0.2, -0.15) is 0 Å². The Morgan fingerprint density at radius 1 is 1.15 bits per heavy atom. The van der Waals surface area contributed by atoms with E-state index < -0.39 is 19.9 Å². The summed E-state index contributed by atoms with van der Waals surface area (Å²) in [6.07, 6.45) is 1.08. The van der Waals surface area contributed by atoms with Gasteiger partial charge in [0, 0.05) is 26.4 Å². The lowest BCUT2D eigenvalue weighted by atomic mass is 10.1. The summed E-state index contributed by atoms with van der Waals surface area (Å²) in [5.41, 5.74) is 7.01. The predicted octanol–water partition coefficient (Wildman–Crippen LogP) is -0.0485. The lowest BCUT2D eigenvalue weighted by Crippen LogP contribution is -2.32. The van der Waals surface area contributed by atoms with E-state index in [2.05, 4.69) is 0 Å². The molecule has 0 amide bonds. The van der Waals surface area contributed by atoms with Crippen molar-refractivity contribution in [2.24, 2.45) is 5.73 Å². The van der Waals surface area contributed by atoms with Gasteiger partial charge in [-0.1, -0.05) is 24.3 Å². The van der Waals surface area contributed by atoms with Crippen molar-refractivity contribution in [3.05, 3.63) is 35.4 Å². The van der Waals surface area contributed by atoms with Crippen molar-refractivity contribution in [1.29, 1.82) is 0 Å². The molecule has 20 heavy (non-hydrogen) atoms. The Labute approximate surface area is 120 Å². The minimum atomic E-state index is -3.53. The zero-order valence-electron chi connectivity index (χ0n) is 11.6. The molecule has 0 heterocycles. The van der Waals surface area contributed by atoms with Gasteiger partial charge in [-0.05, 0) is 11.1 Å². The van der Waals surface area contributed by atoms with Gasteiger partial charge < -0.3 is 5.73 Å². The van der Waals surface area contributed by atoms with E-state index in [1.165, 1.54) is 7.05 Å². The summed E-state index contributed by atoms with van der Waals surface area (Å²) in [5.74, 6) is -0.354. The molecule has 1 aromatic rings. The van der Waals surface area contributed by atoms with Gasteiger partial charge in [0.25, 0.3) is 0 Å². The summed E-state index contributed by atoms with van der Waals surface area (Å²) in [7, 11) is -5.34. The summed E-state index contributed by atoms with van der Waals surface area (Å²) in [5, 5.41) is 0. The molecule has 114 valence electrons. The third-order valence-corrected chi connectivity index (χ3v) is 5.58. The van der Waals surface area contributed by atoms with Gasteiger partial charge in [-0.3, -0.25) is 0 Å². The van der Waals surface area contributed by atoms with Crippen molar-refractivity contribution in [1.82, 2.24) is 4.31 Å². The Bertz CT molecular complexity index is 654. The maximum absolute atomic E-state index is 12.1. The Balaban J connectivity index is 2.78. The highest BCUT2D eigenvalue weighted by Crippen LogP contribution is 2.11. The van der Waals surface area contributed by atoms with Crippen LogP contribution >= 0.6 is 0 Å². The lowest BCUT2D eigenvalue weighted by Gasteiger charge is -2.16. The number of hydrogen-bond acceptors (Lipinski definition) is 5. The fraction of sp³-hybridized carbons (Fsp3) is 0.500. The molecule has 6 nitrogen and oxygen atoms in total. The molecular weight excluding hydrogens is 300 g/mol. The Hall–Kier alpha value is -0.960. The van der Waals surface area contributed by atoms with Crippen molar-refractivity contribution in [2.75, 3.05) is 25.6 Å². The second kappa shape index (κ2) is 6.66. The predicted molar refractivity (Wildman–Crippen MR) is 79.3 cm³/mol. The van der Waals surface area contributed by atoms with Crippen LogP contribution in [0.4, 0.5) is 0 Å². The average molecular weight is 320 g/mol. The van der Waals surface area contributed by atoms with Crippen molar-refractivity contribution in [3.63, 3.8) is 0 Å². The third kappa shape index (κ3) is 5.58. The van der Waals surface area contributed by atoms with Crippen LogP contribution in [0.3, 0.4) is 0 Å². The van der Waals surface area contributed by atoms with E-state index in [9.17, 15) is 16.8 Å². The largest absolute Gasteiger partial charge is 0.326 e. The van der Waals surface area contributed by atoms with Gasteiger partial charge in [0.2, 0.25) is 10.0 Å². The molecule has 0 saturated carbocycles. The highest BCUT2D eigenvalue weighted by Gasteiger charge is 2.19. The molecule has 0 aliphatic carbocycles. The van der Waals surface area contributed by atoms with Crippen LogP contribution in [0.5, 0.6) is 0 Å². The van der Waals surface area contributed by atoms with Crippen molar-refractivity contribution < 1.29 is 16.8 Å². The lowest BCUT2D eigenvalue weighted by molar-refractivity contribution is 0.484. The van der Waals surface area contributed by atoms with Crippen LogP contribution in [-0.4, -0.2) is 46.7 Å². The van der Waals surface area contributed by atoms with Crippen LogP contribution in [0.2, 0.25) is 0 Å². The van der Waals surface area contributed by atoms with E-state index in [4.69, 9.17) is 5.73 Å². The maximum atomic E-state index is 12.1. The highest BCUT2D eigenvalue weighted by atomic mass is 32.2. The van der Waals surface area contributed by atoms with E-state index in [1.807, 2.05) is 6.07 Å². The molecule has 0 aliphatic rings. The number of sulfone groups is 1. The number of sulfonamides is 1. The van der Waals surface area contributed by atoms with Gasteiger partial charge in [-0.25, -0.2) is 21.1 Å². The van der Waals surface area contributed by atoms with Crippen molar-refractivity contribution >= 4 is 19.9 Å². The molecule has 0 unspecified atom stereocenters. The van der Waals surface area contributed by atoms with Crippen molar-refractivity contribution in [2.45, 2.75) is 12.3 Å². The monoisotopic (exact) mass is 320 g/mol. The third-order valence-electron chi connectivity index (χ3n) is 2.83. The molecule has 0 spiro atoms. The topological polar surface area (TPSA) is 97.5 Å². The minimum Gasteiger partial charge on any atom is -0.326 e. The fourth-order valence-corrected chi connectivity index (χ4v) is 3.51. The molecule has 1 aromatic carbocycles. The molecule has 0 aliphatic heterocycles. The first-order valence-corrected chi connectivity index (χ1v) is 9.70. The number of nitrogens with two attached hydrogens (primary N) is 1. The van der Waals surface area contributed by atoms with Crippen LogP contribution in [-0.2, 0) is 32.2 Å². The van der Waals surface area contributed by atoms with Crippen LogP contribution < -0.4 is 5.73 Å². The summed E-state index contributed by atoms with van der Waals surface area (Å²) in [6, 6.07) is 7.02. The molecule has 0 fully saturated rings. The SMILES string of the molecule is CN(CCS(C)(=O)=O)S(=O)(=O)Cc1cccc(CN)c1. The number of nitrogens with zero attached hydrogens (tertiary/aromatic N) is 1. The Morgan fingerprint density at radius 2 is 1.75 bits per heavy atom.